The second-order valence-corrected chi connectivity index (χ2v) is 6.56. The molecule has 2 aromatic carbocycles. The van der Waals surface area contributed by atoms with Crippen LogP contribution in [0.4, 0.5) is 5.69 Å². The van der Waals surface area contributed by atoms with Gasteiger partial charge >= 0.3 is 0 Å². The first-order valence-corrected chi connectivity index (χ1v) is 8.67. The first-order chi connectivity index (χ1) is 12.6. The lowest BCUT2D eigenvalue weighted by Gasteiger charge is -2.22. The van der Waals surface area contributed by atoms with Crippen molar-refractivity contribution < 1.29 is 4.79 Å². The molecule has 1 amide bonds. The van der Waals surface area contributed by atoms with Crippen molar-refractivity contribution >= 4 is 11.6 Å². The summed E-state index contributed by atoms with van der Waals surface area (Å²) in [6.45, 7) is 2.37. The molecular formula is C21H19N3O2. The van der Waals surface area contributed by atoms with E-state index in [4.69, 9.17) is 0 Å². The van der Waals surface area contributed by atoms with E-state index >= 15 is 0 Å². The number of carbonyl (C=O) groups excluding carboxylic acids is 1. The van der Waals surface area contributed by atoms with Crippen molar-refractivity contribution in [3.05, 3.63) is 93.9 Å². The molecule has 26 heavy (non-hydrogen) atoms. The van der Waals surface area contributed by atoms with E-state index in [1.165, 1.54) is 16.8 Å². The Morgan fingerprint density at radius 3 is 2.58 bits per heavy atom. The molecule has 5 heteroatoms. The van der Waals surface area contributed by atoms with Crippen molar-refractivity contribution in [2.45, 2.75) is 25.9 Å². The SMILES string of the molecule is CC1Cc2ccccc2N1C(=O)c1ccc(=O)n(Cc2ccccc2)n1. The van der Waals surface area contributed by atoms with Crippen LogP contribution in [-0.4, -0.2) is 21.7 Å². The number of nitrogens with zero attached hydrogens (tertiary/aromatic N) is 3. The normalized spacial score (nSPS) is 15.7. The molecule has 2 heterocycles. The Morgan fingerprint density at radius 2 is 1.77 bits per heavy atom. The van der Waals surface area contributed by atoms with Crippen molar-refractivity contribution in [3.8, 4) is 0 Å². The number of hydrogen-bond acceptors (Lipinski definition) is 3. The molecule has 0 fully saturated rings. The summed E-state index contributed by atoms with van der Waals surface area (Å²) < 4.78 is 1.34. The maximum atomic E-state index is 13.1. The van der Waals surface area contributed by atoms with E-state index in [0.29, 0.717) is 6.54 Å². The Balaban J connectivity index is 1.67. The highest BCUT2D eigenvalue weighted by molar-refractivity contribution is 6.06. The zero-order valence-electron chi connectivity index (χ0n) is 14.5. The summed E-state index contributed by atoms with van der Waals surface area (Å²) in [6, 6.07) is 20.5. The van der Waals surface area contributed by atoms with Gasteiger partial charge in [-0.3, -0.25) is 9.59 Å². The molecule has 1 aromatic heterocycles. The summed E-state index contributed by atoms with van der Waals surface area (Å²) in [6.07, 6.45) is 0.825. The van der Waals surface area contributed by atoms with E-state index in [1.807, 2.05) is 61.5 Å². The van der Waals surface area contributed by atoms with Gasteiger partial charge in [-0.05, 0) is 36.6 Å². The highest BCUT2D eigenvalue weighted by Gasteiger charge is 2.32. The summed E-state index contributed by atoms with van der Waals surface area (Å²) in [4.78, 5) is 27.0. The fourth-order valence-corrected chi connectivity index (χ4v) is 3.43. The quantitative estimate of drug-likeness (QED) is 0.733. The van der Waals surface area contributed by atoms with Gasteiger partial charge in [0.05, 0.1) is 6.54 Å². The number of benzene rings is 2. The maximum Gasteiger partial charge on any atom is 0.278 e. The molecule has 130 valence electrons. The van der Waals surface area contributed by atoms with Gasteiger partial charge in [-0.1, -0.05) is 48.5 Å². The molecule has 0 N–H and O–H groups in total. The number of hydrogen-bond donors (Lipinski definition) is 0. The Kier molecular flexibility index (Phi) is 4.13. The summed E-state index contributed by atoms with van der Waals surface area (Å²) in [5.74, 6) is -0.177. The molecule has 0 bridgehead atoms. The van der Waals surface area contributed by atoms with E-state index in [2.05, 4.69) is 5.10 Å². The number of fused-ring (bicyclic) bond motifs is 1. The van der Waals surface area contributed by atoms with Crippen LogP contribution >= 0.6 is 0 Å². The number of carbonyl (C=O) groups is 1. The highest BCUT2D eigenvalue weighted by Crippen LogP contribution is 2.32. The molecule has 1 atom stereocenters. The van der Waals surface area contributed by atoms with Crippen molar-refractivity contribution in [1.29, 1.82) is 0 Å². The van der Waals surface area contributed by atoms with Crippen LogP contribution in [0.2, 0.25) is 0 Å². The Labute approximate surface area is 151 Å². The second kappa shape index (κ2) is 6.59. The van der Waals surface area contributed by atoms with Crippen LogP contribution in [0.25, 0.3) is 0 Å². The number of aromatic nitrogens is 2. The van der Waals surface area contributed by atoms with Gasteiger partial charge in [-0.25, -0.2) is 4.68 Å². The molecule has 3 aromatic rings. The lowest BCUT2D eigenvalue weighted by molar-refractivity contribution is 0.0974. The number of para-hydroxylation sites is 1. The smallest absolute Gasteiger partial charge is 0.278 e. The largest absolute Gasteiger partial charge is 0.304 e. The summed E-state index contributed by atoms with van der Waals surface area (Å²) in [5.41, 5.74) is 3.11. The topological polar surface area (TPSA) is 55.2 Å². The van der Waals surface area contributed by atoms with Gasteiger partial charge in [0.2, 0.25) is 0 Å². The molecule has 5 nitrogen and oxygen atoms in total. The van der Waals surface area contributed by atoms with E-state index in [9.17, 15) is 9.59 Å². The minimum absolute atomic E-state index is 0.0659. The van der Waals surface area contributed by atoms with Crippen molar-refractivity contribution in [2.24, 2.45) is 0 Å². The van der Waals surface area contributed by atoms with E-state index < -0.39 is 0 Å². The lowest BCUT2D eigenvalue weighted by atomic mass is 10.1. The van der Waals surface area contributed by atoms with Gasteiger partial charge in [0, 0.05) is 17.8 Å². The fraction of sp³-hybridized carbons (Fsp3) is 0.190. The molecule has 4 rings (SSSR count). The number of rotatable bonds is 3. The zero-order valence-corrected chi connectivity index (χ0v) is 14.5. The minimum Gasteiger partial charge on any atom is -0.304 e. The summed E-state index contributed by atoms with van der Waals surface area (Å²) in [7, 11) is 0. The lowest BCUT2D eigenvalue weighted by Crippen LogP contribution is -2.37. The van der Waals surface area contributed by atoms with E-state index in [1.54, 1.807) is 4.90 Å². The molecule has 0 radical (unpaired) electrons. The molecular weight excluding hydrogens is 326 g/mol. The van der Waals surface area contributed by atoms with Gasteiger partial charge in [0.25, 0.3) is 11.5 Å². The third-order valence-corrected chi connectivity index (χ3v) is 4.69. The monoisotopic (exact) mass is 345 g/mol. The van der Waals surface area contributed by atoms with Gasteiger partial charge < -0.3 is 4.90 Å². The third kappa shape index (κ3) is 2.92. The predicted molar refractivity (Wildman–Crippen MR) is 100 cm³/mol. The Morgan fingerprint density at radius 1 is 1.04 bits per heavy atom. The second-order valence-electron chi connectivity index (χ2n) is 6.56. The maximum absolute atomic E-state index is 13.1. The molecule has 1 unspecified atom stereocenters. The fourth-order valence-electron chi connectivity index (χ4n) is 3.43. The van der Waals surface area contributed by atoms with Crippen LogP contribution in [0.1, 0.15) is 28.5 Å². The summed E-state index contributed by atoms with van der Waals surface area (Å²) >= 11 is 0. The molecule has 0 spiro atoms. The Bertz CT molecular complexity index is 1010. The van der Waals surface area contributed by atoms with E-state index in [0.717, 1.165) is 23.2 Å². The first-order valence-electron chi connectivity index (χ1n) is 8.67. The standard InChI is InChI=1S/C21H19N3O2/c1-15-13-17-9-5-6-10-19(17)24(15)21(26)18-11-12-20(25)23(22-18)14-16-7-3-2-4-8-16/h2-12,15H,13-14H2,1H3. The van der Waals surface area contributed by atoms with Crippen LogP contribution in [0.5, 0.6) is 0 Å². The number of anilines is 1. The van der Waals surface area contributed by atoms with Gasteiger partial charge in [0.1, 0.15) is 5.69 Å². The van der Waals surface area contributed by atoms with Crippen LogP contribution in [0, 0.1) is 0 Å². The molecule has 1 aliphatic heterocycles. The van der Waals surface area contributed by atoms with Crippen LogP contribution < -0.4 is 10.5 Å². The van der Waals surface area contributed by atoms with Crippen LogP contribution in [-0.2, 0) is 13.0 Å². The molecule has 0 saturated carbocycles. The molecule has 0 aliphatic carbocycles. The average molecular weight is 345 g/mol. The molecule has 0 saturated heterocycles. The Hall–Kier alpha value is -3.21. The van der Waals surface area contributed by atoms with Gasteiger partial charge in [-0.2, -0.15) is 5.10 Å². The molecule has 1 aliphatic rings. The van der Waals surface area contributed by atoms with Gasteiger partial charge in [0.15, 0.2) is 0 Å². The highest BCUT2D eigenvalue weighted by atomic mass is 16.2. The van der Waals surface area contributed by atoms with Gasteiger partial charge in [-0.15, -0.1) is 0 Å². The first kappa shape index (κ1) is 16.3. The van der Waals surface area contributed by atoms with E-state index in [-0.39, 0.29) is 23.2 Å². The minimum atomic E-state index is -0.222. The van der Waals surface area contributed by atoms with Crippen LogP contribution in [0.3, 0.4) is 0 Å². The third-order valence-electron chi connectivity index (χ3n) is 4.69. The number of amides is 1. The van der Waals surface area contributed by atoms with Crippen molar-refractivity contribution in [2.75, 3.05) is 4.90 Å². The average Bonchev–Trinajstić information content (AvgIpc) is 2.99. The zero-order chi connectivity index (χ0) is 18.1. The van der Waals surface area contributed by atoms with Crippen molar-refractivity contribution in [3.63, 3.8) is 0 Å². The van der Waals surface area contributed by atoms with Crippen molar-refractivity contribution in [1.82, 2.24) is 9.78 Å². The van der Waals surface area contributed by atoms with Crippen LogP contribution in [0.15, 0.2) is 71.5 Å². The predicted octanol–water partition coefficient (Wildman–Crippen LogP) is 2.88. The summed E-state index contributed by atoms with van der Waals surface area (Å²) in [5, 5.41) is 4.33.